The number of rotatable bonds is 3. The molecule has 2 atom stereocenters. The highest BCUT2D eigenvalue weighted by Gasteiger charge is 2.48. The number of ether oxygens (including phenoxy) is 1. The van der Waals surface area contributed by atoms with Crippen molar-refractivity contribution >= 4 is 23.2 Å². The Hall–Kier alpha value is -2.04. The van der Waals surface area contributed by atoms with Gasteiger partial charge in [-0.25, -0.2) is 0 Å². The molecule has 1 N–H and O–H groups in total. The second kappa shape index (κ2) is 5.39. The Balaban J connectivity index is 1.96. The molecule has 1 aliphatic rings. The van der Waals surface area contributed by atoms with Gasteiger partial charge in [0.15, 0.2) is 6.10 Å². The van der Waals surface area contributed by atoms with Gasteiger partial charge in [0.25, 0.3) is 5.91 Å². The fourth-order valence-electron chi connectivity index (χ4n) is 2.53. The van der Waals surface area contributed by atoms with Crippen LogP contribution in [-0.4, -0.2) is 24.2 Å². The van der Waals surface area contributed by atoms with E-state index in [2.05, 4.69) is 0 Å². The van der Waals surface area contributed by atoms with Crippen LogP contribution in [0.2, 0.25) is 5.02 Å². The van der Waals surface area contributed by atoms with E-state index in [1.165, 1.54) is 0 Å². The van der Waals surface area contributed by atoms with E-state index in [9.17, 15) is 9.90 Å². The van der Waals surface area contributed by atoms with Crippen LogP contribution in [0.15, 0.2) is 48.5 Å². The minimum atomic E-state index is -1.06. The van der Waals surface area contributed by atoms with Gasteiger partial charge in [0, 0.05) is 10.7 Å². The van der Waals surface area contributed by atoms with Crippen LogP contribution in [0, 0.1) is 0 Å². The predicted octanol–water partition coefficient (Wildman–Crippen LogP) is 2.80. The number of carbonyl (C=O) groups excluding carboxylic acids is 1. The van der Waals surface area contributed by atoms with E-state index in [1.807, 2.05) is 18.2 Å². The van der Waals surface area contributed by atoms with Gasteiger partial charge in [0.2, 0.25) is 0 Å². The van der Waals surface area contributed by atoms with Crippen LogP contribution in [0.3, 0.4) is 0 Å². The van der Waals surface area contributed by atoms with Gasteiger partial charge in [-0.3, -0.25) is 9.69 Å². The first-order chi connectivity index (χ1) is 10.1. The number of aliphatic hydroxyl groups is 1. The molecule has 2 aromatic rings. The van der Waals surface area contributed by atoms with Gasteiger partial charge in [0.05, 0.1) is 13.2 Å². The number of halogens is 1. The third-order valence-electron chi connectivity index (χ3n) is 3.64. The molecule has 4 nitrogen and oxygen atoms in total. The van der Waals surface area contributed by atoms with E-state index in [1.54, 1.807) is 42.3 Å². The van der Waals surface area contributed by atoms with Crippen molar-refractivity contribution in [1.29, 1.82) is 0 Å². The van der Waals surface area contributed by atoms with Crippen molar-refractivity contribution < 1.29 is 14.6 Å². The lowest BCUT2D eigenvalue weighted by Crippen LogP contribution is -2.59. The van der Waals surface area contributed by atoms with E-state index < -0.39 is 12.1 Å². The first-order valence-corrected chi connectivity index (χ1v) is 6.91. The summed E-state index contributed by atoms with van der Waals surface area (Å²) in [5, 5.41) is 10.5. The van der Waals surface area contributed by atoms with Crippen LogP contribution < -0.4 is 9.64 Å². The van der Waals surface area contributed by atoms with E-state index >= 15 is 0 Å². The summed E-state index contributed by atoms with van der Waals surface area (Å²) >= 11 is 6.18. The number of hydrogen-bond donors (Lipinski definition) is 1. The van der Waals surface area contributed by atoms with Crippen LogP contribution >= 0.6 is 11.6 Å². The van der Waals surface area contributed by atoms with Crippen molar-refractivity contribution in [1.82, 2.24) is 0 Å². The summed E-state index contributed by atoms with van der Waals surface area (Å²) in [6.07, 6.45) is -1.06. The molecule has 1 saturated heterocycles. The lowest BCUT2D eigenvalue weighted by Gasteiger charge is -2.45. The summed E-state index contributed by atoms with van der Waals surface area (Å²) in [5.74, 6) is 0.381. The molecule has 1 fully saturated rings. The molecule has 0 aromatic heterocycles. The van der Waals surface area contributed by atoms with Crippen molar-refractivity contribution in [3.8, 4) is 5.75 Å². The van der Waals surface area contributed by atoms with Gasteiger partial charge in [-0.05, 0) is 35.9 Å². The lowest BCUT2D eigenvalue weighted by molar-refractivity contribution is -0.137. The summed E-state index contributed by atoms with van der Waals surface area (Å²) in [6, 6.07) is 13.9. The van der Waals surface area contributed by atoms with Crippen LogP contribution in [0.25, 0.3) is 0 Å². The molecule has 1 heterocycles. The van der Waals surface area contributed by atoms with Crippen molar-refractivity contribution in [2.24, 2.45) is 0 Å². The number of methoxy groups -OCH3 is 1. The molecule has 21 heavy (non-hydrogen) atoms. The van der Waals surface area contributed by atoms with E-state index in [-0.39, 0.29) is 5.91 Å². The Kier molecular flexibility index (Phi) is 3.57. The number of aliphatic hydroxyl groups excluding tert-OH is 1. The SMILES string of the molecule is COc1ccc(N2C(=O)[C@H](O)[C@@H]2c2ccccc2Cl)cc1. The largest absolute Gasteiger partial charge is 0.497 e. The van der Waals surface area contributed by atoms with Gasteiger partial charge >= 0.3 is 0 Å². The smallest absolute Gasteiger partial charge is 0.259 e. The van der Waals surface area contributed by atoms with E-state index in [4.69, 9.17) is 16.3 Å². The van der Waals surface area contributed by atoms with E-state index in [0.717, 1.165) is 5.56 Å². The molecule has 1 amide bonds. The molecule has 5 heteroatoms. The van der Waals surface area contributed by atoms with Gasteiger partial charge in [-0.15, -0.1) is 0 Å². The highest BCUT2D eigenvalue weighted by atomic mass is 35.5. The minimum Gasteiger partial charge on any atom is -0.497 e. The molecule has 0 radical (unpaired) electrons. The second-order valence-electron chi connectivity index (χ2n) is 4.82. The Labute approximate surface area is 127 Å². The maximum Gasteiger partial charge on any atom is 0.259 e. The normalized spacial score (nSPS) is 21.1. The number of hydrogen-bond acceptors (Lipinski definition) is 3. The molecular weight excluding hydrogens is 290 g/mol. The molecule has 108 valence electrons. The molecular formula is C16H14ClNO3. The standard InChI is InChI=1S/C16H14ClNO3/c1-21-11-8-6-10(7-9-11)18-14(15(19)16(18)20)12-4-2-3-5-13(12)17/h2-9,14-15,19H,1H3/t14-,15+/m0/s1. The number of benzene rings is 2. The van der Waals surface area contributed by atoms with Crippen molar-refractivity contribution in [2.45, 2.75) is 12.1 Å². The number of anilines is 1. The summed E-state index contributed by atoms with van der Waals surface area (Å²) in [5.41, 5.74) is 1.44. The fraction of sp³-hybridized carbons (Fsp3) is 0.188. The number of nitrogens with zero attached hydrogens (tertiary/aromatic N) is 1. The zero-order chi connectivity index (χ0) is 15.0. The Bertz CT molecular complexity index is 671. The molecule has 0 bridgehead atoms. The van der Waals surface area contributed by atoms with Crippen LogP contribution in [0.1, 0.15) is 11.6 Å². The minimum absolute atomic E-state index is 0.329. The average molecular weight is 304 g/mol. The maximum atomic E-state index is 12.0. The molecule has 0 saturated carbocycles. The third kappa shape index (κ3) is 2.26. The van der Waals surface area contributed by atoms with Crippen molar-refractivity contribution in [2.75, 3.05) is 12.0 Å². The van der Waals surface area contributed by atoms with Gasteiger partial charge < -0.3 is 9.84 Å². The zero-order valence-electron chi connectivity index (χ0n) is 11.4. The molecule has 0 unspecified atom stereocenters. The van der Waals surface area contributed by atoms with Gasteiger partial charge in [0.1, 0.15) is 5.75 Å². The first kappa shape index (κ1) is 13.9. The fourth-order valence-corrected chi connectivity index (χ4v) is 2.78. The van der Waals surface area contributed by atoms with E-state index in [0.29, 0.717) is 16.5 Å². The van der Waals surface area contributed by atoms with Crippen LogP contribution in [0.5, 0.6) is 5.75 Å². The van der Waals surface area contributed by atoms with Crippen molar-refractivity contribution in [3.05, 3.63) is 59.1 Å². The van der Waals surface area contributed by atoms with Gasteiger partial charge in [-0.1, -0.05) is 29.8 Å². The molecule has 0 spiro atoms. The van der Waals surface area contributed by atoms with Crippen LogP contribution in [-0.2, 0) is 4.79 Å². The second-order valence-corrected chi connectivity index (χ2v) is 5.22. The van der Waals surface area contributed by atoms with Gasteiger partial charge in [-0.2, -0.15) is 0 Å². The number of β-lactam (4-membered cyclic amide) rings is 1. The highest BCUT2D eigenvalue weighted by molar-refractivity contribution is 6.31. The summed E-state index contributed by atoms with van der Waals surface area (Å²) in [7, 11) is 1.58. The molecule has 3 rings (SSSR count). The molecule has 0 aliphatic carbocycles. The summed E-state index contributed by atoms with van der Waals surface area (Å²) < 4.78 is 5.11. The first-order valence-electron chi connectivity index (χ1n) is 6.53. The Morgan fingerprint density at radius 2 is 1.81 bits per heavy atom. The Morgan fingerprint density at radius 1 is 1.14 bits per heavy atom. The zero-order valence-corrected chi connectivity index (χ0v) is 12.1. The predicted molar refractivity (Wildman–Crippen MR) is 80.7 cm³/mol. The quantitative estimate of drug-likeness (QED) is 0.887. The monoisotopic (exact) mass is 303 g/mol. The average Bonchev–Trinajstić information content (AvgIpc) is 2.53. The number of carbonyl (C=O) groups is 1. The highest BCUT2D eigenvalue weighted by Crippen LogP contribution is 2.41. The summed E-state index contributed by atoms with van der Waals surface area (Å²) in [6.45, 7) is 0. The molecule has 2 aromatic carbocycles. The third-order valence-corrected chi connectivity index (χ3v) is 3.99. The number of amides is 1. The topological polar surface area (TPSA) is 49.8 Å². The summed E-state index contributed by atoms with van der Waals surface area (Å²) in [4.78, 5) is 13.6. The maximum absolute atomic E-state index is 12.0. The molecule has 1 aliphatic heterocycles. The van der Waals surface area contributed by atoms with Crippen molar-refractivity contribution in [3.63, 3.8) is 0 Å². The lowest BCUT2D eigenvalue weighted by atomic mass is 9.90. The van der Waals surface area contributed by atoms with Crippen LogP contribution in [0.4, 0.5) is 5.69 Å². The Morgan fingerprint density at radius 3 is 2.43 bits per heavy atom.